The van der Waals surface area contributed by atoms with E-state index >= 15 is 0 Å². The first-order valence-corrected chi connectivity index (χ1v) is 9.90. The lowest BCUT2D eigenvalue weighted by Crippen LogP contribution is -2.31. The van der Waals surface area contributed by atoms with Crippen LogP contribution in [0.2, 0.25) is 15.1 Å². The van der Waals surface area contributed by atoms with E-state index in [1.54, 1.807) is 53.3 Å². The minimum atomic E-state index is -0.649. The van der Waals surface area contributed by atoms with Crippen molar-refractivity contribution in [3.05, 3.63) is 74.9 Å². The summed E-state index contributed by atoms with van der Waals surface area (Å²) in [5, 5.41) is 11.6. The SMILES string of the molecule is O=C1CC(C(=O)Nc2ccc(Cl)cc2)c2cnn(Cc3ccc(Cl)cc3Cl)c2N1. The van der Waals surface area contributed by atoms with Gasteiger partial charge in [-0.25, -0.2) is 4.68 Å². The van der Waals surface area contributed by atoms with Crippen molar-refractivity contribution in [2.24, 2.45) is 0 Å². The molecule has 2 N–H and O–H groups in total. The molecule has 0 fully saturated rings. The summed E-state index contributed by atoms with van der Waals surface area (Å²) >= 11 is 18.1. The number of halogens is 3. The molecule has 2 amide bonds. The second kappa shape index (κ2) is 8.06. The van der Waals surface area contributed by atoms with Gasteiger partial charge >= 0.3 is 0 Å². The monoisotopic (exact) mass is 448 g/mol. The molecule has 0 radical (unpaired) electrons. The topological polar surface area (TPSA) is 76.0 Å². The quantitative estimate of drug-likeness (QED) is 0.591. The van der Waals surface area contributed by atoms with Crippen molar-refractivity contribution < 1.29 is 9.59 Å². The van der Waals surface area contributed by atoms with Gasteiger partial charge in [-0.05, 0) is 42.0 Å². The van der Waals surface area contributed by atoms with Crippen molar-refractivity contribution >= 4 is 58.1 Å². The van der Waals surface area contributed by atoms with Gasteiger partial charge in [0.2, 0.25) is 11.8 Å². The van der Waals surface area contributed by atoms with Crippen LogP contribution in [0.25, 0.3) is 0 Å². The summed E-state index contributed by atoms with van der Waals surface area (Å²) in [6.07, 6.45) is 1.64. The first kappa shape index (κ1) is 19.8. The summed E-state index contributed by atoms with van der Waals surface area (Å²) in [6, 6.07) is 12.0. The Hall–Kier alpha value is -2.54. The average molecular weight is 450 g/mol. The lowest BCUT2D eigenvalue weighted by molar-refractivity contribution is -0.123. The summed E-state index contributed by atoms with van der Waals surface area (Å²) in [4.78, 5) is 25.1. The number of rotatable bonds is 4. The number of hydrogen-bond acceptors (Lipinski definition) is 3. The van der Waals surface area contributed by atoms with Crippen LogP contribution in [0.5, 0.6) is 0 Å². The van der Waals surface area contributed by atoms with Crippen LogP contribution >= 0.6 is 34.8 Å². The van der Waals surface area contributed by atoms with Gasteiger partial charge in [0.1, 0.15) is 5.82 Å². The number of aromatic nitrogens is 2. The molecule has 2 heterocycles. The molecule has 6 nitrogen and oxygen atoms in total. The Morgan fingerprint density at radius 3 is 2.59 bits per heavy atom. The fourth-order valence-electron chi connectivity index (χ4n) is 3.20. The molecule has 0 spiro atoms. The summed E-state index contributed by atoms with van der Waals surface area (Å²) < 4.78 is 1.62. The van der Waals surface area contributed by atoms with Gasteiger partial charge < -0.3 is 10.6 Å². The van der Waals surface area contributed by atoms with E-state index in [-0.39, 0.29) is 18.2 Å². The van der Waals surface area contributed by atoms with E-state index in [4.69, 9.17) is 34.8 Å². The second-order valence-corrected chi connectivity index (χ2v) is 7.92. The highest BCUT2D eigenvalue weighted by molar-refractivity contribution is 6.35. The highest BCUT2D eigenvalue weighted by atomic mass is 35.5. The molecular weight excluding hydrogens is 435 g/mol. The second-order valence-electron chi connectivity index (χ2n) is 6.64. The van der Waals surface area contributed by atoms with Crippen molar-refractivity contribution in [3.8, 4) is 0 Å². The van der Waals surface area contributed by atoms with Gasteiger partial charge in [0.05, 0.1) is 18.7 Å². The largest absolute Gasteiger partial charge is 0.326 e. The zero-order valence-electron chi connectivity index (χ0n) is 15.0. The van der Waals surface area contributed by atoms with Crippen LogP contribution in [-0.2, 0) is 16.1 Å². The van der Waals surface area contributed by atoms with Gasteiger partial charge in [0.15, 0.2) is 0 Å². The molecule has 1 aromatic heterocycles. The first-order chi connectivity index (χ1) is 13.9. The van der Waals surface area contributed by atoms with Crippen LogP contribution in [0.1, 0.15) is 23.5 Å². The van der Waals surface area contributed by atoms with Gasteiger partial charge in [0.25, 0.3) is 0 Å². The zero-order valence-corrected chi connectivity index (χ0v) is 17.2. The molecule has 148 valence electrons. The molecule has 1 aliphatic heterocycles. The van der Waals surface area contributed by atoms with E-state index in [1.165, 1.54) is 0 Å². The highest BCUT2D eigenvalue weighted by Crippen LogP contribution is 2.34. The maximum absolute atomic E-state index is 12.8. The lowest BCUT2D eigenvalue weighted by atomic mass is 9.93. The summed E-state index contributed by atoms with van der Waals surface area (Å²) in [6.45, 7) is 0.330. The number of carbonyl (C=O) groups excluding carboxylic acids is 2. The van der Waals surface area contributed by atoms with Crippen molar-refractivity contribution in [1.29, 1.82) is 0 Å². The molecule has 0 saturated heterocycles. The number of nitrogens with one attached hydrogen (secondary N) is 2. The normalized spacial score (nSPS) is 15.6. The fraction of sp³-hybridized carbons (Fsp3) is 0.150. The van der Waals surface area contributed by atoms with E-state index in [9.17, 15) is 9.59 Å². The fourth-order valence-corrected chi connectivity index (χ4v) is 3.79. The Kier molecular flexibility index (Phi) is 5.50. The van der Waals surface area contributed by atoms with Crippen LogP contribution in [0.4, 0.5) is 11.5 Å². The van der Waals surface area contributed by atoms with Crippen LogP contribution in [0, 0.1) is 0 Å². The molecular formula is C20H15Cl3N4O2. The molecule has 0 saturated carbocycles. The first-order valence-electron chi connectivity index (χ1n) is 8.76. The predicted octanol–water partition coefficient (Wildman–Crippen LogP) is 4.96. The summed E-state index contributed by atoms with van der Waals surface area (Å²) in [5.41, 5.74) is 2.05. The summed E-state index contributed by atoms with van der Waals surface area (Å²) in [7, 11) is 0. The number of anilines is 2. The molecule has 9 heteroatoms. The molecule has 4 rings (SSSR count). The minimum absolute atomic E-state index is 0.0415. The standard InChI is InChI=1S/C20H15Cl3N4O2/c21-12-3-5-14(6-4-12)25-20(29)15-8-18(28)26-19-16(15)9-24-27(19)10-11-1-2-13(22)7-17(11)23/h1-7,9,15H,8,10H2,(H,25,29)(H,26,28). The van der Waals surface area contributed by atoms with E-state index < -0.39 is 5.92 Å². The zero-order chi connectivity index (χ0) is 20.5. The summed E-state index contributed by atoms with van der Waals surface area (Å²) in [5.74, 6) is -0.697. The van der Waals surface area contributed by atoms with Crippen LogP contribution in [0.3, 0.4) is 0 Å². The number of amides is 2. The number of carbonyl (C=O) groups is 2. The van der Waals surface area contributed by atoms with E-state index in [0.29, 0.717) is 38.7 Å². The Morgan fingerprint density at radius 1 is 1.14 bits per heavy atom. The maximum atomic E-state index is 12.8. The molecule has 3 aromatic rings. The van der Waals surface area contributed by atoms with E-state index in [2.05, 4.69) is 15.7 Å². The highest BCUT2D eigenvalue weighted by Gasteiger charge is 2.33. The van der Waals surface area contributed by atoms with Crippen molar-refractivity contribution in [1.82, 2.24) is 9.78 Å². The molecule has 0 bridgehead atoms. The molecule has 1 aliphatic rings. The van der Waals surface area contributed by atoms with Crippen molar-refractivity contribution in [3.63, 3.8) is 0 Å². The van der Waals surface area contributed by atoms with Gasteiger partial charge in [-0.1, -0.05) is 40.9 Å². The molecule has 1 atom stereocenters. The predicted molar refractivity (Wildman–Crippen MR) is 114 cm³/mol. The van der Waals surface area contributed by atoms with Gasteiger partial charge in [-0.3, -0.25) is 9.59 Å². The van der Waals surface area contributed by atoms with Gasteiger partial charge in [-0.15, -0.1) is 0 Å². The van der Waals surface area contributed by atoms with E-state index in [1.807, 2.05) is 0 Å². The third-order valence-electron chi connectivity index (χ3n) is 4.65. The third-order valence-corrected chi connectivity index (χ3v) is 5.49. The van der Waals surface area contributed by atoms with Crippen molar-refractivity contribution in [2.45, 2.75) is 18.9 Å². The van der Waals surface area contributed by atoms with Crippen LogP contribution in [-0.4, -0.2) is 21.6 Å². The van der Waals surface area contributed by atoms with E-state index in [0.717, 1.165) is 5.56 Å². The Labute approximate surface area is 181 Å². The van der Waals surface area contributed by atoms with Gasteiger partial charge in [-0.2, -0.15) is 5.10 Å². The maximum Gasteiger partial charge on any atom is 0.232 e. The average Bonchev–Trinajstić information content (AvgIpc) is 3.07. The van der Waals surface area contributed by atoms with Crippen LogP contribution in [0.15, 0.2) is 48.7 Å². The molecule has 2 aromatic carbocycles. The number of hydrogen-bond donors (Lipinski definition) is 2. The smallest absolute Gasteiger partial charge is 0.232 e. The van der Waals surface area contributed by atoms with Crippen molar-refractivity contribution in [2.75, 3.05) is 10.6 Å². The molecule has 1 unspecified atom stereocenters. The third kappa shape index (κ3) is 4.24. The number of fused-ring (bicyclic) bond motifs is 1. The Bertz CT molecular complexity index is 1100. The lowest BCUT2D eigenvalue weighted by Gasteiger charge is -2.23. The van der Waals surface area contributed by atoms with Crippen LogP contribution < -0.4 is 10.6 Å². The number of nitrogens with zero attached hydrogens (tertiary/aromatic N) is 2. The Balaban J connectivity index is 1.59. The Morgan fingerprint density at radius 2 is 1.86 bits per heavy atom. The molecule has 0 aliphatic carbocycles. The minimum Gasteiger partial charge on any atom is -0.326 e. The molecule has 29 heavy (non-hydrogen) atoms. The van der Waals surface area contributed by atoms with Gasteiger partial charge in [0, 0.05) is 32.7 Å². The number of benzene rings is 2.